The van der Waals surface area contributed by atoms with E-state index in [1.165, 1.54) is 12.1 Å². The number of benzene rings is 2. The van der Waals surface area contributed by atoms with Crippen LogP contribution >= 0.6 is 7.60 Å². The second-order valence-electron chi connectivity index (χ2n) is 5.20. The number of carboxylic acid groups (broad SMARTS) is 1. The van der Waals surface area contributed by atoms with Crippen LogP contribution in [0.4, 0.5) is 0 Å². The van der Waals surface area contributed by atoms with Gasteiger partial charge in [-0.15, -0.1) is 0 Å². The molecule has 2 aromatic rings. The fourth-order valence-electron chi connectivity index (χ4n) is 2.22. The number of nitrogens with one attached hydrogen (secondary N) is 1. The van der Waals surface area contributed by atoms with E-state index in [-0.39, 0.29) is 6.16 Å². The zero-order valence-corrected chi connectivity index (χ0v) is 13.2. The first-order valence-electron chi connectivity index (χ1n) is 6.99. The normalized spacial score (nSPS) is 12.8. The number of carboxylic acids is 1. The summed E-state index contributed by atoms with van der Waals surface area (Å²) in [6.07, 6.45) is -0.359. The van der Waals surface area contributed by atoms with Crippen molar-refractivity contribution in [1.29, 1.82) is 0 Å². The van der Waals surface area contributed by atoms with Gasteiger partial charge in [0.25, 0.3) is 0 Å². The van der Waals surface area contributed by atoms with Crippen LogP contribution in [0.2, 0.25) is 0 Å². The van der Waals surface area contributed by atoms with Crippen LogP contribution in [0.5, 0.6) is 0 Å². The summed E-state index contributed by atoms with van der Waals surface area (Å²) in [6, 6.07) is 14.8. The molecule has 0 aliphatic rings. The van der Waals surface area contributed by atoms with Crippen molar-refractivity contribution in [1.82, 2.24) is 5.32 Å². The molecule has 122 valence electrons. The standard InChI is InChI=1S/C16H18NO5P/c18-16(19)15(17-10-12-4-2-1-3-5-12)14-8-6-13(7-9-14)11-23(20,21)22/h1-9,15,17H,10-11H2,(H,18,19)(H2,20,21,22). The SMILES string of the molecule is O=C(O)C(NCc1ccccc1)c1ccc(CP(=O)(O)O)cc1. The van der Waals surface area contributed by atoms with Crippen molar-refractivity contribution in [3.05, 3.63) is 71.3 Å². The molecule has 0 aliphatic carbocycles. The van der Waals surface area contributed by atoms with Crippen LogP contribution in [-0.2, 0) is 22.1 Å². The Morgan fingerprint density at radius 1 is 1.00 bits per heavy atom. The van der Waals surface area contributed by atoms with E-state index in [1.54, 1.807) is 12.1 Å². The summed E-state index contributed by atoms with van der Waals surface area (Å²) in [6.45, 7) is 0.405. The largest absolute Gasteiger partial charge is 0.480 e. The molecule has 0 saturated carbocycles. The van der Waals surface area contributed by atoms with Crippen LogP contribution in [0.15, 0.2) is 54.6 Å². The molecule has 2 rings (SSSR count). The lowest BCUT2D eigenvalue weighted by Crippen LogP contribution is -2.28. The fourth-order valence-corrected chi connectivity index (χ4v) is 2.90. The Balaban J connectivity index is 2.08. The maximum atomic E-state index is 11.4. The Labute approximate surface area is 134 Å². The Morgan fingerprint density at radius 3 is 2.13 bits per heavy atom. The van der Waals surface area contributed by atoms with Crippen molar-refractivity contribution in [3.8, 4) is 0 Å². The zero-order valence-electron chi connectivity index (χ0n) is 12.3. The van der Waals surface area contributed by atoms with E-state index in [0.29, 0.717) is 17.7 Å². The molecule has 0 radical (unpaired) electrons. The molecule has 0 amide bonds. The molecule has 7 heteroatoms. The van der Waals surface area contributed by atoms with Crippen molar-refractivity contribution in [2.24, 2.45) is 0 Å². The average Bonchev–Trinajstić information content (AvgIpc) is 2.48. The van der Waals surface area contributed by atoms with Crippen LogP contribution in [0.3, 0.4) is 0 Å². The van der Waals surface area contributed by atoms with Gasteiger partial charge in [0.05, 0.1) is 6.16 Å². The van der Waals surface area contributed by atoms with E-state index in [0.717, 1.165) is 5.56 Å². The van der Waals surface area contributed by atoms with Crippen LogP contribution in [0.1, 0.15) is 22.7 Å². The quantitative estimate of drug-likeness (QED) is 0.578. The number of carbonyl (C=O) groups is 1. The molecule has 0 bridgehead atoms. The van der Waals surface area contributed by atoms with Crippen molar-refractivity contribution in [2.45, 2.75) is 18.7 Å². The van der Waals surface area contributed by atoms with Gasteiger partial charge >= 0.3 is 13.6 Å². The smallest absolute Gasteiger partial charge is 0.329 e. The topological polar surface area (TPSA) is 107 Å². The summed E-state index contributed by atoms with van der Waals surface area (Å²) in [5, 5.41) is 12.3. The first-order chi connectivity index (χ1) is 10.8. The Bertz CT molecular complexity index is 696. The molecule has 1 unspecified atom stereocenters. The first kappa shape index (κ1) is 17.4. The predicted octanol–water partition coefficient (Wildman–Crippen LogP) is 2.28. The van der Waals surface area contributed by atoms with Crippen LogP contribution in [0.25, 0.3) is 0 Å². The highest BCUT2D eigenvalue weighted by atomic mass is 31.2. The summed E-state index contributed by atoms with van der Waals surface area (Å²) >= 11 is 0. The summed E-state index contributed by atoms with van der Waals surface area (Å²) in [5.74, 6) is -1.01. The highest BCUT2D eigenvalue weighted by Gasteiger charge is 2.20. The Kier molecular flexibility index (Phi) is 5.69. The second-order valence-corrected chi connectivity index (χ2v) is 6.85. The van der Waals surface area contributed by atoms with Crippen LogP contribution in [0, 0.1) is 0 Å². The van der Waals surface area contributed by atoms with Crippen molar-refractivity contribution in [3.63, 3.8) is 0 Å². The minimum absolute atomic E-state index is 0.359. The molecule has 0 heterocycles. The second kappa shape index (κ2) is 7.53. The van der Waals surface area contributed by atoms with Gasteiger partial charge in [-0.3, -0.25) is 14.7 Å². The molecule has 6 nitrogen and oxygen atoms in total. The van der Waals surface area contributed by atoms with Gasteiger partial charge < -0.3 is 14.9 Å². The summed E-state index contributed by atoms with van der Waals surface area (Å²) < 4.78 is 11.0. The average molecular weight is 335 g/mol. The zero-order chi connectivity index (χ0) is 16.9. The molecule has 0 fully saturated rings. The molecular formula is C16H18NO5P. The van der Waals surface area contributed by atoms with E-state index in [4.69, 9.17) is 9.79 Å². The van der Waals surface area contributed by atoms with Crippen LogP contribution in [-0.4, -0.2) is 20.9 Å². The predicted molar refractivity (Wildman–Crippen MR) is 85.8 cm³/mol. The summed E-state index contributed by atoms with van der Waals surface area (Å²) in [4.78, 5) is 29.4. The Morgan fingerprint density at radius 2 is 1.61 bits per heavy atom. The fraction of sp³-hybridized carbons (Fsp3) is 0.188. The van der Waals surface area contributed by atoms with Crippen molar-refractivity contribution >= 4 is 13.6 Å². The first-order valence-corrected chi connectivity index (χ1v) is 8.78. The number of rotatable bonds is 7. The lowest BCUT2D eigenvalue weighted by atomic mass is 10.0. The van der Waals surface area contributed by atoms with E-state index < -0.39 is 19.6 Å². The minimum atomic E-state index is -4.13. The third kappa shape index (κ3) is 5.62. The van der Waals surface area contributed by atoms with Gasteiger partial charge in [-0.05, 0) is 16.7 Å². The lowest BCUT2D eigenvalue weighted by Gasteiger charge is -2.15. The molecule has 23 heavy (non-hydrogen) atoms. The van der Waals surface area contributed by atoms with E-state index in [9.17, 15) is 14.5 Å². The number of hydrogen-bond acceptors (Lipinski definition) is 3. The van der Waals surface area contributed by atoms with Crippen molar-refractivity contribution < 1.29 is 24.3 Å². The van der Waals surface area contributed by atoms with Gasteiger partial charge in [0.2, 0.25) is 0 Å². The van der Waals surface area contributed by atoms with Crippen LogP contribution < -0.4 is 5.32 Å². The third-order valence-electron chi connectivity index (χ3n) is 3.30. The molecule has 4 N–H and O–H groups in total. The van der Waals surface area contributed by atoms with Gasteiger partial charge in [-0.2, -0.15) is 0 Å². The molecule has 0 spiro atoms. The third-order valence-corrected chi connectivity index (χ3v) is 4.08. The molecule has 2 aromatic carbocycles. The molecule has 1 atom stereocenters. The molecule has 0 aromatic heterocycles. The van der Waals surface area contributed by atoms with Gasteiger partial charge in [-0.25, -0.2) is 0 Å². The number of hydrogen-bond donors (Lipinski definition) is 4. The minimum Gasteiger partial charge on any atom is -0.480 e. The van der Waals surface area contributed by atoms with E-state index in [1.807, 2.05) is 30.3 Å². The summed E-state index contributed by atoms with van der Waals surface area (Å²) in [5.41, 5.74) is 1.97. The highest BCUT2D eigenvalue weighted by Crippen LogP contribution is 2.39. The monoisotopic (exact) mass is 335 g/mol. The van der Waals surface area contributed by atoms with Crippen molar-refractivity contribution in [2.75, 3.05) is 0 Å². The van der Waals surface area contributed by atoms with E-state index >= 15 is 0 Å². The van der Waals surface area contributed by atoms with Gasteiger partial charge in [0, 0.05) is 6.54 Å². The maximum absolute atomic E-state index is 11.4. The highest BCUT2D eigenvalue weighted by molar-refractivity contribution is 7.50. The molecule has 0 saturated heterocycles. The van der Waals surface area contributed by atoms with Gasteiger partial charge in [0.1, 0.15) is 6.04 Å². The Hall–Kier alpha value is -1.98. The maximum Gasteiger partial charge on any atom is 0.329 e. The molecule has 0 aliphatic heterocycles. The van der Waals surface area contributed by atoms with Gasteiger partial charge in [-0.1, -0.05) is 54.6 Å². The van der Waals surface area contributed by atoms with Gasteiger partial charge in [0.15, 0.2) is 0 Å². The van der Waals surface area contributed by atoms with E-state index in [2.05, 4.69) is 5.32 Å². The number of aliphatic carboxylic acids is 1. The molecular weight excluding hydrogens is 317 g/mol. The summed E-state index contributed by atoms with van der Waals surface area (Å²) in [7, 11) is -4.13. The lowest BCUT2D eigenvalue weighted by molar-refractivity contribution is -0.139.